The Labute approximate surface area is 153 Å². The first-order valence-electron chi connectivity index (χ1n) is 9.45. The number of fused-ring (bicyclic) bond motifs is 1. The molecule has 1 saturated heterocycles. The number of carbonyl (C=O) groups excluding carboxylic acids is 1. The van der Waals surface area contributed by atoms with Crippen LogP contribution in [0.4, 0.5) is 0 Å². The molecule has 2 aromatic rings. The quantitative estimate of drug-likeness (QED) is 0.865. The van der Waals surface area contributed by atoms with Gasteiger partial charge in [0.25, 0.3) is 0 Å². The minimum atomic E-state index is -0.0493. The highest BCUT2D eigenvalue weighted by atomic mass is 16.5. The zero-order valence-corrected chi connectivity index (χ0v) is 15.1. The van der Waals surface area contributed by atoms with Crippen LogP contribution in [0.3, 0.4) is 0 Å². The number of amides is 1. The molecule has 0 spiro atoms. The molecule has 2 heterocycles. The molecule has 0 bridgehead atoms. The van der Waals surface area contributed by atoms with Crippen molar-refractivity contribution in [2.24, 2.45) is 5.92 Å². The molecule has 0 radical (unpaired) electrons. The number of benzene rings is 1. The van der Waals surface area contributed by atoms with E-state index >= 15 is 0 Å². The zero-order chi connectivity index (χ0) is 17.9. The van der Waals surface area contributed by atoms with Gasteiger partial charge in [0.2, 0.25) is 5.91 Å². The Bertz CT molecular complexity index is 741. The topological polar surface area (TPSA) is 68.2 Å². The number of nitrogens with one attached hydrogen (secondary N) is 2. The summed E-state index contributed by atoms with van der Waals surface area (Å²) in [6.07, 6.45) is 7.93. The Morgan fingerprint density at radius 1 is 1.27 bits per heavy atom. The summed E-state index contributed by atoms with van der Waals surface area (Å²) in [5, 5.41) is 11.1. The molecule has 6 heteroatoms. The van der Waals surface area contributed by atoms with Gasteiger partial charge in [0.05, 0.1) is 31.1 Å². The fraction of sp³-hybridized carbons (Fsp3) is 0.500. The molecule has 1 aromatic heterocycles. The third-order valence-corrected chi connectivity index (χ3v) is 5.60. The molecule has 138 valence electrons. The van der Waals surface area contributed by atoms with Gasteiger partial charge in [-0.25, -0.2) is 4.68 Å². The highest BCUT2D eigenvalue weighted by molar-refractivity contribution is 5.82. The molecule has 2 fully saturated rings. The van der Waals surface area contributed by atoms with Crippen LogP contribution in [-0.4, -0.2) is 34.9 Å². The molecular weight excluding hydrogens is 328 g/mol. The van der Waals surface area contributed by atoms with E-state index < -0.39 is 0 Å². The van der Waals surface area contributed by atoms with Crippen LogP contribution in [0.2, 0.25) is 0 Å². The number of methoxy groups -OCH3 is 1. The average Bonchev–Trinajstić information content (AvgIpc) is 3.33. The molecule has 1 aliphatic heterocycles. The van der Waals surface area contributed by atoms with Crippen molar-refractivity contribution in [3.63, 3.8) is 0 Å². The maximum Gasteiger partial charge on any atom is 0.237 e. The van der Waals surface area contributed by atoms with Crippen LogP contribution in [0.15, 0.2) is 36.5 Å². The van der Waals surface area contributed by atoms with Crippen LogP contribution in [0.1, 0.15) is 37.8 Å². The van der Waals surface area contributed by atoms with Gasteiger partial charge >= 0.3 is 0 Å². The van der Waals surface area contributed by atoms with E-state index in [1.165, 1.54) is 25.7 Å². The summed E-state index contributed by atoms with van der Waals surface area (Å²) >= 11 is 0. The van der Waals surface area contributed by atoms with Gasteiger partial charge in [-0.1, -0.05) is 12.8 Å². The number of aromatic nitrogens is 2. The van der Waals surface area contributed by atoms with Crippen molar-refractivity contribution in [1.29, 1.82) is 0 Å². The SMILES string of the molecule is COc1ccc(-n2ccc(CNC(=O)C3CC4CCCCC4N3)n2)cc1. The minimum absolute atomic E-state index is 0.0493. The van der Waals surface area contributed by atoms with Gasteiger partial charge in [0.15, 0.2) is 0 Å². The molecule has 1 amide bonds. The monoisotopic (exact) mass is 354 g/mol. The summed E-state index contributed by atoms with van der Waals surface area (Å²) in [5.41, 5.74) is 1.81. The predicted molar refractivity (Wildman–Crippen MR) is 99.2 cm³/mol. The number of rotatable bonds is 5. The van der Waals surface area contributed by atoms with E-state index in [0.717, 1.165) is 23.6 Å². The number of nitrogens with zero attached hydrogens (tertiary/aromatic N) is 2. The van der Waals surface area contributed by atoms with Gasteiger partial charge in [0, 0.05) is 12.2 Å². The van der Waals surface area contributed by atoms with Crippen LogP contribution >= 0.6 is 0 Å². The lowest BCUT2D eigenvalue weighted by Gasteiger charge is -2.24. The fourth-order valence-electron chi connectivity index (χ4n) is 4.16. The Balaban J connectivity index is 1.32. The number of carbonyl (C=O) groups is 1. The second-order valence-corrected chi connectivity index (χ2v) is 7.27. The maximum atomic E-state index is 12.5. The van der Waals surface area contributed by atoms with Crippen LogP contribution in [0, 0.1) is 5.92 Å². The van der Waals surface area contributed by atoms with E-state index in [2.05, 4.69) is 15.7 Å². The first kappa shape index (κ1) is 17.1. The maximum absolute atomic E-state index is 12.5. The van der Waals surface area contributed by atoms with Gasteiger partial charge in [-0.15, -0.1) is 0 Å². The standard InChI is InChI=1S/C20H26N4O2/c1-26-17-8-6-16(7-9-17)24-11-10-15(23-24)13-21-20(25)19-12-14-4-2-3-5-18(14)22-19/h6-11,14,18-19,22H,2-5,12-13H2,1H3,(H,21,25). The molecule has 2 aliphatic rings. The largest absolute Gasteiger partial charge is 0.497 e. The zero-order valence-electron chi connectivity index (χ0n) is 15.1. The van der Waals surface area contributed by atoms with Crippen LogP contribution < -0.4 is 15.4 Å². The van der Waals surface area contributed by atoms with E-state index in [0.29, 0.717) is 18.5 Å². The highest BCUT2D eigenvalue weighted by Crippen LogP contribution is 2.33. The third kappa shape index (κ3) is 3.60. The van der Waals surface area contributed by atoms with Crippen molar-refractivity contribution in [1.82, 2.24) is 20.4 Å². The summed E-state index contributed by atoms with van der Waals surface area (Å²) in [7, 11) is 1.65. The van der Waals surface area contributed by atoms with Crippen molar-refractivity contribution < 1.29 is 9.53 Å². The Morgan fingerprint density at radius 3 is 2.85 bits per heavy atom. The normalized spacial score (nSPS) is 24.9. The van der Waals surface area contributed by atoms with Gasteiger partial charge in [-0.05, 0) is 55.5 Å². The summed E-state index contributed by atoms with van der Waals surface area (Å²) in [5.74, 6) is 1.59. The molecule has 3 atom stereocenters. The Kier molecular flexibility index (Phi) is 4.93. The Morgan fingerprint density at radius 2 is 2.08 bits per heavy atom. The van der Waals surface area contributed by atoms with Crippen LogP contribution in [0.25, 0.3) is 5.69 Å². The third-order valence-electron chi connectivity index (χ3n) is 5.60. The van der Waals surface area contributed by atoms with E-state index in [4.69, 9.17) is 4.74 Å². The highest BCUT2D eigenvalue weighted by Gasteiger charge is 2.38. The first-order chi connectivity index (χ1) is 12.7. The molecule has 6 nitrogen and oxygen atoms in total. The molecule has 3 unspecified atom stereocenters. The second kappa shape index (κ2) is 7.50. The molecule has 4 rings (SSSR count). The van der Waals surface area contributed by atoms with Crippen molar-refractivity contribution in [2.45, 2.75) is 50.7 Å². The summed E-state index contributed by atoms with van der Waals surface area (Å²) in [4.78, 5) is 12.5. The van der Waals surface area contributed by atoms with Crippen molar-refractivity contribution >= 4 is 5.91 Å². The average molecular weight is 354 g/mol. The number of ether oxygens (including phenoxy) is 1. The van der Waals surface area contributed by atoms with Crippen molar-refractivity contribution in [2.75, 3.05) is 7.11 Å². The van der Waals surface area contributed by atoms with Crippen LogP contribution in [-0.2, 0) is 11.3 Å². The second-order valence-electron chi connectivity index (χ2n) is 7.27. The summed E-state index contributed by atoms with van der Waals surface area (Å²) in [6, 6.07) is 10.1. The molecule has 26 heavy (non-hydrogen) atoms. The smallest absolute Gasteiger partial charge is 0.237 e. The predicted octanol–water partition coefficient (Wildman–Crippen LogP) is 2.42. The summed E-state index contributed by atoms with van der Waals surface area (Å²) in [6.45, 7) is 0.454. The molecule has 1 aromatic carbocycles. The van der Waals surface area contributed by atoms with Crippen LogP contribution in [0.5, 0.6) is 5.75 Å². The molecular formula is C20H26N4O2. The molecule has 2 N–H and O–H groups in total. The lowest BCUT2D eigenvalue weighted by atomic mass is 9.85. The van der Waals surface area contributed by atoms with Crippen molar-refractivity contribution in [3.8, 4) is 11.4 Å². The lowest BCUT2D eigenvalue weighted by Crippen LogP contribution is -2.42. The van der Waals surface area contributed by atoms with E-state index in [1.807, 2.05) is 41.2 Å². The minimum Gasteiger partial charge on any atom is -0.497 e. The van der Waals surface area contributed by atoms with Crippen molar-refractivity contribution in [3.05, 3.63) is 42.2 Å². The Hall–Kier alpha value is -2.34. The summed E-state index contributed by atoms with van der Waals surface area (Å²) < 4.78 is 6.98. The first-order valence-corrected chi connectivity index (χ1v) is 9.45. The lowest BCUT2D eigenvalue weighted by molar-refractivity contribution is -0.123. The van der Waals surface area contributed by atoms with E-state index in [1.54, 1.807) is 7.11 Å². The van der Waals surface area contributed by atoms with Gasteiger partial charge < -0.3 is 15.4 Å². The van der Waals surface area contributed by atoms with Gasteiger partial charge in [-0.2, -0.15) is 5.10 Å². The number of hydrogen-bond donors (Lipinski definition) is 2. The molecule has 1 aliphatic carbocycles. The number of hydrogen-bond acceptors (Lipinski definition) is 4. The van der Waals surface area contributed by atoms with Gasteiger partial charge in [0.1, 0.15) is 5.75 Å². The van der Waals surface area contributed by atoms with E-state index in [-0.39, 0.29) is 11.9 Å². The fourth-order valence-corrected chi connectivity index (χ4v) is 4.16. The molecule has 1 saturated carbocycles. The van der Waals surface area contributed by atoms with Gasteiger partial charge in [-0.3, -0.25) is 4.79 Å². The van der Waals surface area contributed by atoms with E-state index in [9.17, 15) is 4.79 Å².